The van der Waals surface area contributed by atoms with Gasteiger partial charge in [-0.2, -0.15) is 13.2 Å². The zero-order valence-electron chi connectivity index (χ0n) is 16.6. The minimum absolute atomic E-state index is 0.0302. The fourth-order valence-electron chi connectivity index (χ4n) is 4.07. The summed E-state index contributed by atoms with van der Waals surface area (Å²) in [6.07, 6.45) is -1.86. The maximum Gasteiger partial charge on any atom is 0.431 e. The van der Waals surface area contributed by atoms with Crippen LogP contribution >= 0.6 is 0 Å². The van der Waals surface area contributed by atoms with E-state index in [-0.39, 0.29) is 35.4 Å². The first-order valence-electron chi connectivity index (χ1n) is 10.0. The molecule has 1 fully saturated rings. The number of nitrogens with one attached hydrogen (secondary N) is 2. The van der Waals surface area contributed by atoms with Crippen molar-refractivity contribution < 1.29 is 27.4 Å². The van der Waals surface area contributed by atoms with Gasteiger partial charge in [-0.1, -0.05) is 18.2 Å². The van der Waals surface area contributed by atoms with Crippen LogP contribution < -0.4 is 10.1 Å². The van der Waals surface area contributed by atoms with Gasteiger partial charge in [0.25, 0.3) is 0 Å². The second-order valence-corrected chi connectivity index (χ2v) is 7.70. The molecule has 2 N–H and O–H groups in total. The number of aromatic amines is 1. The SMILES string of the molecule is COC1CCC1O[C@H]1COc2ccccc2[C@@H]1Nc1ncnc2[nH]c(C(F)(F)F)cc12. The number of alkyl halides is 3. The molecule has 0 spiro atoms. The van der Waals surface area contributed by atoms with E-state index in [0.717, 1.165) is 24.5 Å². The predicted octanol–water partition coefficient (Wildman–Crippen LogP) is 4.08. The molecule has 4 atom stereocenters. The summed E-state index contributed by atoms with van der Waals surface area (Å²) < 4.78 is 57.2. The van der Waals surface area contributed by atoms with Crippen LogP contribution in [0.5, 0.6) is 5.75 Å². The van der Waals surface area contributed by atoms with E-state index >= 15 is 0 Å². The van der Waals surface area contributed by atoms with Crippen molar-refractivity contribution in [1.82, 2.24) is 15.0 Å². The second-order valence-electron chi connectivity index (χ2n) is 7.70. The van der Waals surface area contributed by atoms with Crippen molar-refractivity contribution in [2.24, 2.45) is 0 Å². The Hall–Kier alpha value is -2.85. The Morgan fingerprint density at radius 1 is 1.13 bits per heavy atom. The van der Waals surface area contributed by atoms with Crippen molar-refractivity contribution >= 4 is 16.9 Å². The Morgan fingerprint density at radius 3 is 2.68 bits per heavy atom. The van der Waals surface area contributed by atoms with Crippen LogP contribution in [0.2, 0.25) is 0 Å². The first kappa shape index (κ1) is 20.1. The molecule has 2 aliphatic rings. The minimum atomic E-state index is -4.51. The molecule has 0 amide bonds. The van der Waals surface area contributed by atoms with E-state index in [9.17, 15) is 13.2 Å². The molecule has 164 valence electrons. The lowest BCUT2D eigenvalue weighted by Crippen LogP contribution is -2.47. The lowest BCUT2D eigenvalue weighted by molar-refractivity contribution is -0.153. The third-order valence-corrected chi connectivity index (χ3v) is 5.85. The summed E-state index contributed by atoms with van der Waals surface area (Å²) in [7, 11) is 1.66. The highest BCUT2D eigenvalue weighted by molar-refractivity contribution is 5.88. The molecule has 2 aromatic heterocycles. The maximum atomic E-state index is 13.2. The molecule has 10 heteroatoms. The van der Waals surface area contributed by atoms with Gasteiger partial charge in [0, 0.05) is 12.7 Å². The Labute approximate surface area is 175 Å². The fourth-order valence-corrected chi connectivity index (χ4v) is 4.07. The summed E-state index contributed by atoms with van der Waals surface area (Å²) in [6.45, 7) is 0.302. The van der Waals surface area contributed by atoms with Crippen LogP contribution in [-0.4, -0.2) is 47.0 Å². The Morgan fingerprint density at radius 2 is 1.94 bits per heavy atom. The molecule has 3 heterocycles. The monoisotopic (exact) mass is 434 g/mol. The molecular formula is C21H21F3N4O3. The van der Waals surface area contributed by atoms with Crippen LogP contribution in [-0.2, 0) is 15.7 Å². The number of hydrogen-bond donors (Lipinski definition) is 2. The number of methoxy groups -OCH3 is 1. The van der Waals surface area contributed by atoms with Gasteiger partial charge in [-0.3, -0.25) is 0 Å². The van der Waals surface area contributed by atoms with Crippen LogP contribution in [0.1, 0.15) is 30.1 Å². The van der Waals surface area contributed by atoms with Crippen molar-refractivity contribution in [3.8, 4) is 5.75 Å². The van der Waals surface area contributed by atoms with E-state index in [0.29, 0.717) is 18.2 Å². The lowest BCUT2D eigenvalue weighted by atomic mass is 9.90. The molecular weight excluding hydrogens is 413 g/mol. The van der Waals surface area contributed by atoms with Gasteiger partial charge in [-0.15, -0.1) is 0 Å². The van der Waals surface area contributed by atoms with Crippen molar-refractivity contribution in [1.29, 1.82) is 0 Å². The molecule has 2 unspecified atom stereocenters. The van der Waals surface area contributed by atoms with Crippen LogP contribution in [0.4, 0.5) is 19.0 Å². The third-order valence-electron chi connectivity index (χ3n) is 5.85. The number of anilines is 1. The van der Waals surface area contributed by atoms with Gasteiger partial charge in [-0.05, 0) is 25.0 Å². The summed E-state index contributed by atoms with van der Waals surface area (Å²) in [5.41, 5.74) is 0.0927. The number of benzene rings is 1. The van der Waals surface area contributed by atoms with Crippen LogP contribution in [0.25, 0.3) is 11.0 Å². The summed E-state index contributed by atoms with van der Waals surface area (Å²) >= 11 is 0. The number of hydrogen-bond acceptors (Lipinski definition) is 6. The van der Waals surface area contributed by atoms with E-state index in [2.05, 4.69) is 20.3 Å². The predicted molar refractivity (Wildman–Crippen MR) is 106 cm³/mol. The normalized spacial score (nSPS) is 25.5. The summed E-state index contributed by atoms with van der Waals surface area (Å²) in [4.78, 5) is 10.5. The van der Waals surface area contributed by atoms with Crippen LogP contribution in [0.3, 0.4) is 0 Å². The quantitative estimate of drug-likeness (QED) is 0.630. The van der Waals surface area contributed by atoms with E-state index in [1.165, 1.54) is 6.33 Å². The number of para-hydroxylation sites is 1. The van der Waals surface area contributed by atoms with Gasteiger partial charge < -0.3 is 24.5 Å². The van der Waals surface area contributed by atoms with Crippen molar-refractivity contribution in [3.05, 3.63) is 47.9 Å². The molecule has 0 saturated heterocycles. The number of nitrogens with zero attached hydrogens (tertiary/aromatic N) is 2. The average molecular weight is 434 g/mol. The van der Waals surface area contributed by atoms with E-state index in [4.69, 9.17) is 14.2 Å². The zero-order valence-corrected chi connectivity index (χ0v) is 16.6. The standard InChI is InChI=1S/C21H21F3N4O3/c1-29-14-6-7-15(14)31-16-9-30-13-5-3-2-4-11(13)18(16)28-20-12-8-17(21(22,23)24)27-19(12)25-10-26-20/h2-5,8,10,14-16,18H,6-7,9H2,1H3,(H2,25,26,27,28)/t14?,15?,16-,18-/m0/s1. The van der Waals surface area contributed by atoms with Gasteiger partial charge in [0.2, 0.25) is 0 Å². The first-order valence-corrected chi connectivity index (χ1v) is 10.0. The summed E-state index contributed by atoms with van der Waals surface area (Å²) in [6, 6.07) is 8.17. The van der Waals surface area contributed by atoms with Gasteiger partial charge in [0.15, 0.2) is 0 Å². The highest BCUT2D eigenvalue weighted by Gasteiger charge is 2.40. The van der Waals surface area contributed by atoms with Gasteiger partial charge >= 0.3 is 6.18 Å². The molecule has 7 nitrogen and oxygen atoms in total. The highest BCUT2D eigenvalue weighted by atomic mass is 19.4. The zero-order chi connectivity index (χ0) is 21.6. The molecule has 1 aromatic carbocycles. The largest absolute Gasteiger partial charge is 0.490 e. The number of ether oxygens (including phenoxy) is 3. The number of fused-ring (bicyclic) bond motifs is 2. The molecule has 31 heavy (non-hydrogen) atoms. The summed E-state index contributed by atoms with van der Waals surface area (Å²) in [5.74, 6) is 0.996. The number of halogens is 3. The number of rotatable bonds is 5. The number of aromatic nitrogens is 3. The molecule has 0 radical (unpaired) electrons. The molecule has 5 rings (SSSR count). The molecule has 3 aromatic rings. The smallest absolute Gasteiger partial charge is 0.431 e. The maximum absolute atomic E-state index is 13.2. The Balaban J connectivity index is 1.49. The van der Waals surface area contributed by atoms with Crippen molar-refractivity contribution in [3.63, 3.8) is 0 Å². The third kappa shape index (κ3) is 3.70. The van der Waals surface area contributed by atoms with E-state index in [1.54, 1.807) is 7.11 Å². The average Bonchev–Trinajstić information content (AvgIpc) is 3.18. The van der Waals surface area contributed by atoms with Gasteiger partial charge in [0.05, 0.1) is 23.6 Å². The first-order chi connectivity index (χ1) is 14.9. The van der Waals surface area contributed by atoms with E-state index < -0.39 is 11.9 Å². The van der Waals surface area contributed by atoms with E-state index in [1.807, 2.05) is 24.3 Å². The van der Waals surface area contributed by atoms with Gasteiger partial charge in [0.1, 0.15) is 41.9 Å². The minimum Gasteiger partial charge on any atom is -0.490 e. The fraction of sp³-hybridized carbons (Fsp3) is 0.429. The Bertz CT molecular complexity index is 1090. The van der Waals surface area contributed by atoms with Crippen LogP contribution in [0, 0.1) is 0 Å². The topological polar surface area (TPSA) is 81.3 Å². The molecule has 1 saturated carbocycles. The molecule has 1 aliphatic carbocycles. The molecule has 1 aliphatic heterocycles. The second kappa shape index (κ2) is 7.69. The molecule has 0 bridgehead atoms. The Kier molecular flexibility index (Phi) is 4.98. The van der Waals surface area contributed by atoms with Gasteiger partial charge in [-0.25, -0.2) is 9.97 Å². The van der Waals surface area contributed by atoms with Crippen molar-refractivity contribution in [2.45, 2.75) is 43.4 Å². The van der Waals surface area contributed by atoms with Crippen molar-refractivity contribution in [2.75, 3.05) is 19.0 Å². The summed E-state index contributed by atoms with van der Waals surface area (Å²) in [5, 5.41) is 3.56. The number of H-pyrrole nitrogens is 1. The lowest BCUT2D eigenvalue weighted by Gasteiger charge is -2.41. The van der Waals surface area contributed by atoms with Crippen LogP contribution in [0.15, 0.2) is 36.7 Å². The highest BCUT2D eigenvalue weighted by Crippen LogP contribution is 2.39.